The lowest BCUT2D eigenvalue weighted by atomic mass is 9.81. The number of carbonyl (C=O) groups is 2. The highest BCUT2D eigenvalue weighted by molar-refractivity contribution is 6.07. The Kier molecular flexibility index (Phi) is 5.06. The van der Waals surface area contributed by atoms with Gasteiger partial charge in [-0.3, -0.25) is 4.79 Å². The highest BCUT2D eigenvalue weighted by atomic mass is 16.5. The number of amides is 1. The number of furan rings is 1. The van der Waals surface area contributed by atoms with E-state index < -0.39 is 5.97 Å². The Bertz CT molecular complexity index is 1180. The molecule has 1 saturated carbocycles. The Morgan fingerprint density at radius 3 is 2.81 bits per heavy atom. The number of nitrogens with one attached hydrogen (secondary N) is 1. The summed E-state index contributed by atoms with van der Waals surface area (Å²) in [5, 5.41) is 3.60. The molecule has 2 heterocycles. The van der Waals surface area contributed by atoms with Crippen LogP contribution in [0.2, 0.25) is 0 Å². The maximum absolute atomic E-state index is 13.2. The molecule has 0 radical (unpaired) electrons. The molecule has 0 aliphatic heterocycles. The van der Waals surface area contributed by atoms with Crippen LogP contribution in [-0.4, -0.2) is 29.5 Å². The van der Waals surface area contributed by atoms with Crippen LogP contribution in [0.15, 0.2) is 47.1 Å². The molecule has 3 aromatic rings. The zero-order valence-electron chi connectivity index (χ0n) is 17.4. The van der Waals surface area contributed by atoms with Gasteiger partial charge < -0.3 is 14.5 Å². The Balaban J connectivity index is 1.56. The third-order valence-corrected chi connectivity index (χ3v) is 5.76. The highest BCUT2D eigenvalue weighted by Crippen LogP contribution is 2.38. The van der Waals surface area contributed by atoms with E-state index in [9.17, 15) is 9.59 Å². The number of para-hydroxylation sites is 1. The second-order valence-corrected chi connectivity index (χ2v) is 8.45. The number of fused-ring (bicyclic) bond motifs is 2. The first kappa shape index (κ1) is 19.5. The van der Waals surface area contributed by atoms with Crippen molar-refractivity contribution in [3.8, 4) is 0 Å². The van der Waals surface area contributed by atoms with Crippen LogP contribution in [-0.2, 0) is 16.0 Å². The van der Waals surface area contributed by atoms with Gasteiger partial charge >= 0.3 is 5.97 Å². The monoisotopic (exact) mass is 416 g/mol. The zero-order valence-corrected chi connectivity index (χ0v) is 17.4. The van der Waals surface area contributed by atoms with Crippen molar-refractivity contribution >= 4 is 34.4 Å². The number of ether oxygens (including phenoxy) is 1. The van der Waals surface area contributed by atoms with Gasteiger partial charge in [0.2, 0.25) is 0 Å². The van der Waals surface area contributed by atoms with Gasteiger partial charge in [0.1, 0.15) is 5.76 Å². The van der Waals surface area contributed by atoms with Gasteiger partial charge in [0.05, 0.1) is 23.0 Å². The number of nitrogens with zero attached hydrogens (tertiary/aromatic N) is 1. The summed E-state index contributed by atoms with van der Waals surface area (Å²) in [6.45, 7) is 1.89. The highest BCUT2D eigenvalue weighted by Gasteiger charge is 2.29. The molecule has 31 heavy (non-hydrogen) atoms. The fraction of sp³-hybridized carbons (Fsp3) is 0.320. The number of rotatable bonds is 5. The molecule has 0 bridgehead atoms. The van der Waals surface area contributed by atoms with E-state index in [2.05, 4.69) is 12.2 Å². The summed E-state index contributed by atoms with van der Waals surface area (Å²) >= 11 is 0. The maximum atomic E-state index is 13.2. The van der Waals surface area contributed by atoms with Crippen molar-refractivity contribution < 1.29 is 18.7 Å². The van der Waals surface area contributed by atoms with Crippen LogP contribution in [0.1, 0.15) is 53.6 Å². The summed E-state index contributed by atoms with van der Waals surface area (Å²) in [6.07, 6.45) is 7.19. The Labute approximate surface area is 180 Å². The molecule has 2 aliphatic carbocycles. The van der Waals surface area contributed by atoms with Crippen LogP contribution >= 0.6 is 0 Å². The fourth-order valence-electron chi connectivity index (χ4n) is 4.21. The molecule has 2 aliphatic rings. The third-order valence-electron chi connectivity index (χ3n) is 5.76. The van der Waals surface area contributed by atoms with Gasteiger partial charge in [0.25, 0.3) is 5.91 Å². The first-order chi connectivity index (χ1) is 15.1. The molecule has 6 heteroatoms. The minimum Gasteiger partial charge on any atom is -0.465 e. The van der Waals surface area contributed by atoms with Gasteiger partial charge in [-0.15, -0.1) is 0 Å². The third kappa shape index (κ3) is 4.10. The fourth-order valence-corrected chi connectivity index (χ4v) is 4.21. The number of hydrogen-bond donors (Lipinski definition) is 1. The minimum atomic E-state index is -0.479. The molecule has 1 amide bonds. The van der Waals surface area contributed by atoms with Crippen LogP contribution in [0.25, 0.3) is 22.6 Å². The molecular formula is C25H24N2O4. The summed E-state index contributed by atoms with van der Waals surface area (Å²) in [5.41, 5.74) is 3.97. The zero-order chi connectivity index (χ0) is 21.4. The van der Waals surface area contributed by atoms with Gasteiger partial charge in [-0.05, 0) is 67.0 Å². The van der Waals surface area contributed by atoms with Gasteiger partial charge in [-0.25, -0.2) is 9.78 Å². The summed E-state index contributed by atoms with van der Waals surface area (Å²) in [5.74, 6) is 0.356. The van der Waals surface area contributed by atoms with Gasteiger partial charge in [0.15, 0.2) is 6.61 Å². The van der Waals surface area contributed by atoms with E-state index in [1.165, 1.54) is 0 Å². The number of esters is 1. The van der Waals surface area contributed by atoms with Crippen molar-refractivity contribution in [3.63, 3.8) is 0 Å². The van der Waals surface area contributed by atoms with Crippen LogP contribution < -0.4 is 5.32 Å². The van der Waals surface area contributed by atoms with Crippen LogP contribution in [0, 0.1) is 5.92 Å². The summed E-state index contributed by atoms with van der Waals surface area (Å²) in [4.78, 5) is 30.1. The minimum absolute atomic E-state index is 0.232. The molecule has 1 aromatic carbocycles. The number of carbonyl (C=O) groups excluding carboxylic acids is 2. The lowest BCUT2D eigenvalue weighted by Crippen LogP contribution is -2.30. The maximum Gasteiger partial charge on any atom is 0.339 e. The smallest absolute Gasteiger partial charge is 0.339 e. The van der Waals surface area contributed by atoms with Gasteiger partial charge in [-0.2, -0.15) is 0 Å². The predicted octanol–water partition coefficient (Wildman–Crippen LogP) is 4.39. The largest absolute Gasteiger partial charge is 0.465 e. The van der Waals surface area contributed by atoms with Crippen molar-refractivity contribution in [1.29, 1.82) is 0 Å². The molecule has 0 unspecified atom stereocenters. The average Bonchev–Trinajstić information content (AvgIpc) is 3.42. The molecule has 1 atom stereocenters. The molecular weight excluding hydrogens is 392 g/mol. The first-order valence-corrected chi connectivity index (χ1v) is 10.7. The van der Waals surface area contributed by atoms with E-state index in [0.717, 1.165) is 59.2 Å². The van der Waals surface area contributed by atoms with E-state index in [1.807, 2.05) is 42.5 Å². The van der Waals surface area contributed by atoms with Crippen LogP contribution in [0.4, 0.5) is 0 Å². The molecule has 0 spiro atoms. The molecule has 1 N–H and O–H groups in total. The second-order valence-electron chi connectivity index (χ2n) is 8.45. The summed E-state index contributed by atoms with van der Waals surface area (Å²) in [6, 6.07) is 11.6. The van der Waals surface area contributed by atoms with Crippen LogP contribution in [0.3, 0.4) is 0 Å². The predicted molar refractivity (Wildman–Crippen MR) is 117 cm³/mol. The standard InChI is InChI=1S/C25H24N2O4/c1-15-11-16(13-18-5-4-10-30-18)24-20(12-15)23(19-6-2-3-7-21(19)27-24)25(29)31-14-22(28)26-17-8-9-17/h2-7,10,13,15,17H,8-9,11-12,14H2,1H3,(H,26,28)/b16-13+/t15-/m0/s1. The van der Waals surface area contributed by atoms with E-state index >= 15 is 0 Å². The Morgan fingerprint density at radius 1 is 1.19 bits per heavy atom. The topological polar surface area (TPSA) is 81.4 Å². The van der Waals surface area contributed by atoms with E-state index in [4.69, 9.17) is 14.1 Å². The van der Waals surface area contributed by atoms with E-state index in [1.54, 1.807) is 6.26 Å². The number of hydrogen-bond acceptors (Lipinski definition) is 5. The van der Waals surface area contributed by atoms with Gasteiger partial charge in [0, 0.05) is 11.4 Å². The Morgan fingerprint density at radius 2 is 2.03 bits per heavy atom. The molecule has 6 nitrogen and oxygen atoms in total. The van der Waals surface area contributed by atoms with Crippen molar-refractivity contribution in [1.82, 2.24) is 10.3 Å². The normalized spacial score (nSPS) is 19.3. The van der Waals surface area contributed by atoms with Gasteiger partial charge in [-0.1, -0.05) is 25.1 Å². The molecule has 158 valence electrons. The van der Waals surface area contributed by atoms with E-state index in [0.29, 0.717) is 11.5 Å². The number of benzene rings is 1. The number of allylic oxidation sites excluding steroid dienone is 1. The Hall–Kier alpha value is -3.41. The lowest BCUT2D eigenvalue weighted by molar-refractivity contribution is -0.124. The van der Waals surface area contributed by atoms with E-state index in [-0.39, 0.29) is 18.6 Å². The van der Waals surface area contributed by atoms with Crippen molar-refractivity contribution in [2.24, 2.45) is 5.92 Å². The SMILES string of the molecule is C[C@H]1C/C(=C\c2ccco2)c2nc3ccccc3c(C(=O)OCC(=O)NC3CC3)c2C1. The van der Waals surface area contributed by atoms with Crippen LogP contribution in [0.5, 0.6) is 0 Å². The average molecular weight is 416 g/mol. The number of aromatic nitrogens is 1. The summed E-state index contributed by atoms with van der Waals surface area (Å²) in [7, 11) is 0. The molecule has 2 aromatic heterocycles. The lowest BCUT2D eigenvalue weighted by Gasteiger charge is -2.26. The molecule has 1 fully saturated rings. The number of pyridine rings is 1. The molecule has 5 rings (SSSR count). The molecule has 0 saturated heterocycles. The van der Waals surface area contributed by atoms with Crippen molar-refractivity contribution in [2.75, 3.05) is 6.61 Å². The van der Waals surface area contributed by atoms with Crippen molar-refractivity contribution in [2.45, 2.75) is 38.6 Å². The second kappa shape index (κ2) is 8.02. The van der Waals surface area contributed by atoms with Crippen molar-refractivity contribution in [3.05, 3.63) is 65.2 Å². The first-order valence-electron chi connectivity index (χ1n) is 10.7. The quantitative estimate of drug-likeness (QED) is 0.624. The summed E-state index contributed by atoms with van der Waals surface area (Å²) < 4.78 is 11.0.